The zero-order valence-corrected chi connectivity index (χ0v) is 12.9. The molecule has 0 saturated heterocycles. The predicted octanol–water partition coefficient (Wildman–Crippen LogP) is 4.14. The van der Waals surface area contributed by atoms with Crippen LogP contribution in [0.5, 0.6) is 5.75 Å². The van der Waals surface area contributed by atoms with E-state index in [1.807, 2.05) is 26.8 Å². The van der Waals surface area contributed by atoms with Crippen molar-refractivity contribution in [2.24, 2.45) is 5.73 Å². The van der Waals surface area contributed by atoms with Crippen molar-refractivity contribution in [3.8, 4) is 5.75 Å². The van der Waals surface area contributed by atoms with Gasteiger partial charge in [-0.2, -0.15) is 0 Å². The van der Waals surface area contributed by atoms with Crippen molar-refractivity contribution < 1.29 is 4.74 Å². The predicted molar refractivity (Wildman–Crippen MR) is 81.9 cm³/mol. The lowest BCUT2D eigenvalue weighted by Gasteiger charge is -2.21. The molecule has 18 heavy (non-hydrogen) atoms. The van der Waals surface area contributed by atoms with Gasteiger partial charge in [-0.05, 0) is 43.9 Å². The van der Waals surface area contributed by atoms with Crippen molar-refractivity contribution in [1.29, 1.82) is 0 Å². The fourth-order valence-corrected chi connectivity index (χ4v) is 2.63. The fourth-order valence-electron chi connectivity index (χ4n) is 2.23. The van der Waals surface area contributed by atoms with E-state index in [9.17, 15) is 0 Å². The molecule has 0 bridgehead atoms. The van der Waals surface area contributed by atoms with E-state index in [4.69, 9.17) is 34.3 Å². The van der Waals surface area contributed by atoms with E-state index in [1.165, 1.54) is 0 Å². The van der Waals surface area contributed by atoms with Crippen LogP contribution < -0.4 is 10.5 Å². The number of ether oxygens (including phenoxy) is 1. The van der Waals surface area contributed by atoms with Gasteiger partial charge in [0.1, 0.15) is 5.75 Å². The maximum Gasteiger partial charge on any atom is 0.123 e. The molecule has 0 aliphatic heterocycles. The number of thiocarbonyl (C=S) groups is 1. The van der Waals surface area contributed by atoms with Gasteiger partial charge in [0.25, 0.3) is 0 Å². The molecule has 1 rings (SSSR count). The molecule has 2 nitrogen and oxygen atoms in total. The van der Waals surface area contributed by atoms with Gasteiger partial charge in [0, 0.05) is 17.0 Å². The Bertz CT molecular complexity index is 460. The number of nitrogens with two attached hydrogens (primary N) is 1. The van der Waals surface area contributed by atoms with Gasteiger partial charge in [0.05, 0.1) is 11.6 Å². The summed E-state index contributed by atoms with van der Waals surface area (Å²) in [6, 6.07) is 1.99. The van der Waals surface area contributed by atoms with E-state index in [-0.39, 0.29) is 5.92 Å². The van der Waals surface area contributed by atoms with Gasteiger partial charge in [-0.3, -0.25) is 0 Å². The molecular formula is C14H20ClNOS. The summed E-state index contributed by atoms with van der Waals surface area (Å²) in [5.41, 5.74) is 8.83. The van der Waals surface area contributed by atoms with Crippen LogP contribution in [0.1, 0.15) is 42.9 Å². The topological polar surface area (TPSA) is 35.2 Å². The Hall–Kier alpha value is -0.800. The minimum absolute atomic E-state index is 0.210. The molecule has 1 aromatic carbocycles. The van der Waals surface area contributed by atoms with E-state index in [0.29, 0.717) is 18.0 Å². The minimum atomic E-state index is 0.210. The normalized spacial score (nSPS) is 12.3. The second kappa shape index (κ2) is 6.39. The lowest BCUT2D eigenvalue weighted by Crippen LogP contribution is -2.13. The third kappa shape index (κ3) is 3.36. The van der Waals surface area contributed by atoms with Crippen molar-refractivity contribution in [3.63, 3.8) is 0 Å². The highest BCUT2D eigenvalue weighted by molar-refractivity contribution is 7.80. The number of hydrogen-bond acceptors (Lipinski definition) is 2. The molecule has 0 aromatic heterocycles. The highest BCUT2D eigenvalue weighted by Crippen LogP contribution is 2.37. The molecular weight excluding hydrogens is 266 g/mol. The number of hydrogen-bond donors (Lipinski definition) is 1. The molecule has 1 aromatic rings. The molecule has 0 spiro atoms. The maximum atomic E-state index is 6.32. The Balaban J connectivity index is 3.29. The van der Waals surface area contributed by atoms with Crippen LogP contribution in [0, 0.1) is 13.8 Å². The molecule has 0 radical (unpaired) electrons. The third-order valence-corrected chi connectivity index (χ3v) is 3.74. The first kappa shape index (κ1) is 15.3. The highest BCUT2D eigenvalue weighted by Gasteiger charge is 2.19. The van der Waals surface area contributed by atoms with Crippen molar-refractivity contribution in [1.82, 2.24) is 0 Å². The van der Waals surface area contributed by atoms with Crippen molar-refractivity contribution in [2.75, 3.05) is 6.61 Å². The summed E-state index contributed by atoms with van der Waals surface area (Å²) >= 11 is 11.3. The lowest BCUT2D eigenvalue weighted by molar-refractivity contribution is 0.334. The molecule has 0 amide bonds. The quantitative estimate of drug-likeness (QED) is 0.826. The van der Waals surface area contributed by atoms with Gasteiger partial charge in [-0.15, -0.1) is 0 Å². The standard InChI is InChI=1S/C14H20ClNOS/c1-5-17-11-6-9(3)14(15)10(4)13(11)8(2)7-12(16)18/h6,8H,5,7H2,1-4H3,(H2,16,18). The number of aryl methyl sites for hydroxylation is 1. The van der Waals surface area contributed by atoms with Crippen LogP contribution in [0.4, 0.5) is 0 Å². The summed E-state index contributed by atoms with van der Waals surface area (Å²) < 4.78 is 5.71. The average Bonchev–Trinajstić information content (AvgIpc) is 2.25. The Morgan fingerprint density at radius 3 is 2.61 bits per heavy atom. The largest absolute Gasteiger partial charge is 0.494 e. The summed E-state index contributed by atoms with van der Waals surface area (Å²) in [6.07, 6.45) is 0.662. The summed E-state index contributed by atoms with van der Waals surface area (Å²) in [6.45, 7) is 8.70. The van der Waals surface area contributed by atoms with Crippen molar-refractivity contribution >= 4 is 28.8 Å². The summed E-state index contributed by atoms with van der Waals surface area (Å²) in [7, 11) is 0. The van der Waals surface area contributed by atoms with E-state index >= 15 is 0 Å². The second-order valence-corrected chi connectivity index (χ2v) is 5.45. The van der Waals surface area contributed by atoms with Crippen LogP contribution in [-0.2, 0) is 0 Å². The molecule has 0 aliphatic rings. The van der Waals surface area contributed by atoms with E-state index < -0.39 is 0 Å². The Morgan fingerprint density at radius 1 is 1.50 bits per heavy atom. The monoisotopic (exact) mass is 285 g/mol. The maximum absolute atomic E-state index is 6.32. The summed E-state index contributed by atoms with van der Waals surface area (Å²) in [4.78, 5) is 0.515. The number of rotatable bonds is 5. The van der Waals surface area contributed by atoms with Crippen molar-refractivity contribution in [2.45, 2.75) is 40.0 Å². The first-order valence-corrected chi connectivity index (χ1v) is 6.87. The van der Waals surface area contributed by atoms with Crippen LogP contribution in [0.25, 0.3) is 0 Å². The van der Waals surface area contributed by atoms with Crippen LogP contribution in [0.2, 0.25) is 5.02 Å². The molecule has 0 fully saturated rings. The Labute approximate surface area is 119 Å². The van der Waals surface area contributed by atoms with E-state index in [2.05, 4.69) is 6.92 Å². The molecule has 2 N–H and O–H groups in total. The molecule has 0 saturated carbocycles. The number of halogens is 1. The first-order valence-electron chi connectivity index (χ1n) is 6.09. The minimum Gasteiger partial charge on any atom is -0.494 e. The van der Waals surface area contributed by atoms with Crippen LogP contribution >= 0.6 is 23.8 Å². The molecule has 4 heteroatoms. The van der Waals surface area contributed by atoms with E-state index in [0.717, 1.165) is 27.5 Å². The zero-order valence-electron chi connectivity index (χ0n) is 11.3. The Kier molecular flexibility index (Phi) is 5.42. The van der Waals surface area contributed by atoms with Gasteiger partial charge in [0.2, 0.25) is 0 Å². The second-order valence-electron chi connectivity index (χ2n) is 4.55. The fraction of sp³-hybridized carbons (Fsp3) is 0.500. The molecule has 0 aliphatic carbocycles. The van der Waals surface area contributed by atoms with Gasteiger partial charge < -0.3 is 10.5 Å². The van der Waals surface area contributed by atoms with Crippen LogP contribution in [0.15, 0.2) is 6.07 Å². The van der Waals surface area contributed by atoms with E-state index in [1.54, 1.807) is 0 Å². The van der Waals surface area contributed by atoms with Crippen molar-refractivity contribution in [3.05, 3.63) is 27.8 Å². The molecule has 1 atom stereocenters. The zero-order chi connectivity index (χ0) is 13.9. The molecule has 1 unspecified atom stereocenters. The molecule has 0 heterocycles. The van der Waals surface area contributed by atoms with Gasteiger partial charge in [-0.25, -0.2) is 0 Å². The summed E-state index contributed by atoms with van der Waals surface area (Å²) in [5.74, 6) is 1.10. The van der Waals surface area contributed by atoms with Gasteiger partial charge in [0.15, 0.2) is 0 Å². The average molecular weight is 286 g/mol. The van der Waals surface area contributed by atoms with Crippen LogP contribution in [0.3, 0.4) is 0 Å². The number of benzene rings is 1. The molecule has 100 valence electrons. The van der Waals surface area contributed by atoms with Gasteiger partial charge >= 0.3 is 0 Å². The summed E-state index contributed by atoms with van der Waals surface area (Å²) in [5, 5.41) is 0.795. The first-order chi connectivity index (χ1) is 8.38. The lowest BCUT2D eigenvalue weighted by atomic mass is 9.91. The van der Waals surface area contributed by atoms with Gasteiger partial charge in [-0.1, -0.05) is 30.7 Å². The SMILES string of the molecule is CCOc1cc(C)c(Cl)c(C)c1C(C)CC(N)=S. The Morgan fingerprint density at radius 2 is 2.11 bits per heavy atom. The highest BCUT2D eigenvalue weighted by atomic mass is 35.5. The van der Waals surface area contributed by atoms with Crippen LogP contribution in [-0.4, -0.2) is 11.6 Å². The smallest absolute Gasteiger partial charge is 0.123 e. The third-order valence-electron chi connectivity index (χ3n) is 2.99.